The van der Waals surface area contributed by atoms with Crippen molar-refractivity contribution in [1.29, 1.82) is 0 Å². The summed E-state index contributed by atoms with van der Waals surface area (Å²) in [7, 11) is -4.59. The first kappa shape index (κ1) is 36.5. The van der Waals surface area contributed by atoms with E-state index in [4.69, 9.17) is 9.47 Å². The third-order valence-electron chi connectivity index (χ3n) is 7.89. The normalized spacial score (nSPS) is 16.2. The third kappa shape index (κ3) is 8.89. The summed E-state index contributed by atoms with van der Waals surface area (Å²) in [6.45, 7) is 8.90. The van der Waals surface area contributed by atoms with Gasteiger partial charge in [-0.1, -0.05) is 19.1 Å². The second kappa shape index (κ2) is 14.2. The molecule has 1 unspecified atom stereocenters. The molecule has 50 heavy (non-hydrogen) atoms. The highest BCUT2D eigenvalue weighted by Crippen LogP contribution is 2.40. The molecule has 2 aromatic carbocycles. The summed E-state index contributed by atoms with van der Waals surface area (Å²) in [6.07, 6.45) is -0.504. The van der Waals surface area contributed by atoms with Crippen LogP contribution in [0.4, 0.5) is 34.0 Å². The van der Waals surface area contributed by atoms with Gasteiger partial charge in [0.25, 0.3) is 0 Å². The number of anilines is 2. The number of fused-ring (bicyclic) bond motifs is 1. The number of aromatic nitrogens is 3. The Morgan fingerprint density at radius 3 is 2.52 bits per heavy atom. The Bertz CT molecular complexity index is 1990. The summed E-state index contributed by atoms with van der Waals surface area (Å²) in [5, 5.41) is 3.67. The molecule has 1 saturated heterocycles. The van der Waals surface area contributed by atoms with E-state index in [0.29, 0.717) is 41.2 Å². The summed E-state index contributed by atoms with van der Waals surface area (Å²) in [5.41, 5.74) is 0.427. The fourth-order valence-electron chi connectivity index (χ4n) is 5.43. The second-order valence-electron chi connectivity index (χ2n) is 13.2. The number of nitrogens with zero attached hydrogens (tertiary/aromatic N) is 4. The zero-order valence-electron chi connectivity index (χ0n) is 28.1. The maximum atomic E-state index is 15.0. The number of pyridine rings is 1. The molecule has 268 valence electrons. The van der Waals surface area contributed by atoms with E-state index in [1.54, 1.807) is 42.3 Å². The lowest BCUT2D eigenvalue weighted by Gasteiger charge is -2.34. The van der Waals surface area contributed by atoms with Crippen LogP contribution in [-0.4, -0.2) is 71.0 Å². The van der Waals surface area contributed by atoms with Crippen molar-refractivity contribution in [1.82, 2.24) is 19.9 Å². The van der Waals surface area contributed by atoms with E-state index in [2.05, 4.69) is 20.3 Å². The standard InChI is InChI=1S/C34H38F4N6O5S/c1-20-10-11-23-24(12-13-26(35)28(23)43-50(46,47)19-21(2)34(36,37)38)29(20)48-30-25(9-6-15-39-30)27-14-16-40-31(42-27)41-22-8-7-17-44(18-22)32(45)49-33(3,4)5/h6,9-16,21-22,43H,7-8,17-19H2,1-5H3,(H,40,41,42)/t21?,22-/m0/s1. The molecule has 3 heterocycles. The van der Waals surface area contributed by atoms with E-state index < -0.39 is 45.0 Å². The van der Waals surface area contributed by atoms with Crippen LogP contribution in [0.5, 0.6) is 11.6 Å². The Hall–Kier alpha value is -4.73. The molecule has 1 aliphatic rings. The fourth-order valence-corrected chi connectivity index (χ4v) is 6.88. The molecule has 0 aliphatic carbocycles. The van der Waals surface area contributed by atoms with Gasteiger partial charge in [-0.05, 0) is 76.4 Å². The van der Waals surface area contributed by atoms with Crippen LogP contribution >= 0.6 is 0 Å². The lowest BCUT2D eigenvalue weighted by molar-refractivity contribution is -0.163. The first-order valence-corrected chi connectivity index (χ1v) is 17.5. The van der Waals surface area contributed by atoms with Gasteiger partial charge in [-0.25, -0.2) is 32.6 Å². The van der Waals surface area contributed by atoms with Gasteiger partial charge < -0.3 is 19.7 Å². The molecule has 16 heteroatoms. The van der Waals surface area contributed by atoms with Gasteiger partial charge >= 0.3 is 12.3 Å². The molecule has 5 rings (SSSR count). The lowest BCUT2D eigenvalue weighted by atomic mass is 10.0. The number of halogens is 4. The number of nitrogens with one attached hydrogen (secondary N) is 2. The van der Waals surface area contributed by atoms with Gasteiger partial charge in [0.2, 0.25) is 21.9 Å². The number of carbonyl (C=O) groups excluding carboxylic acids is 1. The number of sulfonamides is 1. The summed E-state index contributed by atoms with van der Waals surface area (Å²) >= 11 is 0. The average molecular weight is 719 g/mol. The number of alkyl halides is 3. The predicted molar refractivity (Wildman–Crippen MR) is 181 cm³/mol. The molecule has 4 aromatic rings. The van der Waals surface area contributed by atoms with Crippen molar-refractivity contribution in [2.24, 2.45) is 5.92 Å². The Morgan fingerprint density at radius 2 is 1.80 bits per heavy atom. The zero-order valence-corrected chi connectivity index (χ0v) is 29.0. The molecule has 2 N–H and O–H groups in total. The Balaban J connectivity index is 1.41. The molecular weight excluding hydrogens is 680 g/mol. The Labute approximate surface area is 287 Å². The molecule has 0 spiro atoms. The van der Waals surface area contributed by atoms with Crippen LogP contribution in [0.2, 0.25) is 0 Å². The van der Waals surface area contributed by atoms with Gasteiger partial charge in [0.1, 0.15) is 17.2 Å². The van der Waals surface area contributed by atoms with Crippen molar-refractivity contribution in [3.05, 3.63) is 66.2 Å². The maximum absolute atomic E-state index is 15.0. The second-order valence-corrected chi connectivity index (χ2v) is 15.0. The van der Waals surface area contributed by atoms with Crippen molar-refractivity contribution in [3.8, 4) is 22.9 Å². The highest BCUT2D eigenvalue weighted by atomic mass is 32.2. The van der Waals surface area contributed by atoms with Crippen molar-refractivity contribution in [2.75, 3.05) is 28.9 Å². The minimum atomic E-state index is -4.75. The zero-order chi connectivity index (χ0) is 36.4. The number of benzene rings is 2. The number of aryl methyl sites for hydroxylation is 1. The number of rotatable bonds is 9. The topological polar surface area (TPSA) is 136 Å². The predicted octanol–water partition coefficient (Wildman–Crippen LogP) is 7.68. The summed E-state index contributed by atoms with van der Waals surface area (Å²) < 4.78 is 93.6. The van der Waals surface area contributed by atoms with Crippen molar-refractivity contribution in [3.63, 3.8) is 0 Å². The molecule has 0 saturated carbocycles. The van der Waals surface area contributed by atoms with Crippen LogP contribution in [0.15, 0.2) is 54.9 Å². The Morgan fingerprint density at radius 1 is 1.06 bits per heavy atom. The molecule has 1 fully saturated rings. The van der Waals surface area contributed by atoms with Crippen LogP contribution in [-0.2, 0) is 14.8 Å². The van der Waals surface area contributed by atoms with E-state index in [0.717, 1.165) is 25.8 Å². The van der Waals surface area contributed by atoms with Gasteiger partial charge in [-0.15, -0.1) is 0 Å². The maximum Gasteiger partial charge on any atom is 0.410 e. The van der Waals surface area contributed by atoms with Gasteiger partial charge in [0.05, 0.1) is 28.6 Å². The molecular formula is C34H38F4N6O5S. The number of carbonyl (C=O) groups is 1. The quantitative estimate of drug-likeness (QED) is 0.167. The van der Waals surface area contributed by atoms with Crippen LogP contribution in [0.3, 0.4) is 0 Å². The van der Waals surface area contributed by atoms with E-state index in [9.17, 15) is 26.4 Å². The minimum absolute atomic E-state index is 0.0766. The molecule has 0 bridgehead atoms. The smallest absolute Gasteiger partial charge is 0.410 e. The van der Waals surface area contributed by atoms with Gasteiger partial charge in [-0.3, -0.25) is 4.72 Å². The summed E-state index contributed by atoms with van der Waals surface area (Å²) in [4.78, 5) is 27.7. The highest BCUT2D eigenvalue weighted by Gasteiger charge is 2.39. The molecule has 2 aromatic heterocycles. The Kier molecular flexibility index (Phi) is 10.4. The van der Waals surface area contributed by atoms with Gasteiger partial charge in [-0.2, -0.15) is 13.2 Å². The van der Waals surface area contributed by atoms with Gasteiger partial charge in [0, 0.05) is 42.3 Å². The number of amides is 1. The van der Waals surface area contributed by atoms with Crippen LogP contribution in [0.25, 0.3) is 22.0 Å². The third-order valence-corrected chi connectivity index (χ3v) is 9.34. The molecule has 2 atom stereocenters. The summed E-state index contributed by atoms with van der Waals surface area (Å²) in [6, 6.07) is 10.4. The first-order chi connectivity index (χ1) is 23.4. The molecule has 0 radical (unpaired) electrons. The van der Waals surface area contributed by atoms with Crippen molar-refractivity contribution in [2.45, 2.75) is 65.3 Å². The van der Waals surface area contributed by atoms with E-state index in [1.807, 2.05) is 25.5 Å². The highest BCUT2D eigenvalue weighted by molar-refractivity contribution is 7.92. The van der Waals surface area contributed by atoms with Crippen LogP contribution in [0, 0.1) is 18.7 Å². The lowest BCUT2D eigenvalue weighted by Crippen LogP contribution is -2.47. The number of piperidine rings is 1. The molecule has 11 nitrogen and oxygen atoms in total. The molecule has 1 amide bonds. The fraction of sp³-hybridized carbons (Fsp3) is 0.412. The van der Waals surface area contributed by atoms with Crippen molar-refractivity contribution >= 4 is 38.5 Å². The SMILES string of the molecule is Cc1ccc2c(NS(=O)(=O)CC(C)C(F)(F)F)c(F)ccc2c1Oc1ncccc1-c1ccnc(N[C@H]2CCCN(C(=O)OC(C)(C)C)C2)n1. The number of likely N-dealkylation sites (tertiary alicyclic amines) is 1. The van der Waals surface area contributed by atoms with E-state index in [1.165, 1.54) is 18.3 Å². The van der Waals surface area contributed by atoms with Crippen molar-refractivity contribution < 1.29 is 40.2 Å². The van der Waals surface area contributed by atoms with Crippen LogP contribution in [0.1, 0.15) is 46.1 Å². The largest absolute Gasteiger partial charge is 0.444 e. The van der Waals surface area contributed by atoms with Gasteiger partial charge in [0.15, 0.2) is 0 Å². The number of hydrogen-bond donors (Lipinski definition) is 2. The van der Waals surface area contributed by atoms with E-state index >= 15 is 4.39 Å². The van der Waals surface area contributed by atoms with E-state index in [-0.39, 0.29) is 29.2 Å². The van der Waals surface area contributed by atoms with Crippen LogP contribution < -0.4 is 14.8 Å². The summed E-state index contributed by atoms with van der Waals surface area (Å²) in [5.74, 6) is -3.74. The molecule has 1 aliphatic heterocycles. The first-order valence-electron chi connectivity index (χ1n) is 15.9. The minimum Gasteiger partial charge on any atom is -0.444 e. The number of hydrogen-bond acceptors (Lipinski definition) is 9. The average Bonchev–Trinajstić information content (AvgIpc) is 3.02. The number of ether oxygens (including phenoxy) is 2. The monoisotopic (exact) mass is 718 g/mol.